The first-order valence-corrected chi connectivity index (χ1v) is 7.57. The van der Waals surface area contributed by atoms with Gasteiger partial charge in [0.25, 0.3) is 0 Å². The monoisotopic (exact) mass is 241 g/mol. The highest BCUT2D eigenvalue weighted by molar-refractivity contribution is 4.74. The third-order valence-corrected chi connectivity index (χ3v) is 4.38. The molecule has 3 atom stereocenters. The van der Waals surface area contributed by atoms with E-state index in [2.05, 4.69) is 25.7 Å². The van der Waals surface area contributed by atoms with Crippen molar-refractivity contribution in [3.8, 4) is 0 Å². The fourth-order valence-electron chi connectivity index (χ4n) is 2.82. The Bertz CT molecular complexity index is 195. The molecule has 1 saturated heterocycles. The second-order valence-corrected chi connectivity index (χ2v) is 5.84. The summed E-state index contributed by atoms with van der Waals surface area (Å²) in [5.74, 6) is 1.37. The molecule has 0 aromatic carbocycles. The summed E-state index contributed by atoms with van der Waals surface area (Å²) in [5.41, 5.74) is 0. The number of hydrogen-bond donors (Lipinski definition) is 1. The Morgan fingerprint density at radius 1 is 1.24 bits per heavy atom. The minimum Gasteiger partial charge on any atom is -0.392 e. The highest BCUT2D eigenvalue weighted by Crippen LogP contribution is 2.22. The summed E-state index contributed by atoms with van der Waals surface area (Å²) in [4.78, 5) is 2.48. The Morgan fingerprint density at radius 2 is 2.00 bits per heavy atom. The van der Waals surface area contributed by atoms with Crippen LogP contribution in [0.25, 0.3) is 0 Å². The van der Waals surface area contributed by atoms with E-state index in [0.29, 0.717) is 5.92 Å². The van der Waals surface area contributed by atoms with Crippen molar-refractivity contribution in [1.29, 1.82) is 0 Å². The predicted molar refractivity (Wildman–Crippen MR) is 74.2 cm³/mol. The molecule has 17 heavy (non-hydrogen) atoms. The van der Waals surface area contributed by atoms with Crippen LogP contribution in [0.2, 0.25) is 0 Å². The van der Waals surface area contributed by atoms with Crippen LogP contribution in [0.4, 0.5) is 0 Å². The first-order chi connectivity index (χ1) is 8.17. The molecule has 0 amide bonds. The lowest BCUT2D eigenvalue weighted by Crippen LogP contribution is -2.36. The molecule has 2 nitrogen and oxygen atoms in total. The number of likely N-dealkylation sites (tertiary alicyclic amines) is 1. The zero-order valence-corrected chi connectivity index (χ0v) is 12.0. The summed E-state index contributed by atoms with van der Waals surface area (Å²) in [6, 6.07) is 0. The van der Waals surface area contributed by atoms with Gasteiger partial charge < -0.3 is 10.0 Å². The molecule has 0 aromatic heterocycles. The fraction of sp³-hybridized carbons (Fsp3) is 1.00. The van der Waals surface area contributed by atoms with Crippen LogP contribution in [0.1, 0.15) is 59.3 Å². The molecule has 0 saturated carbocycles. The van der Waals surface area contributed by atoms with Crippen LogP contribution in [0.15, 0.2) is 0 Å². The van der Waals surface area contributed by atoms with Gasteiger partial charge in [-0.1, -0.05) is 40.0 Å². The zero-order valence-electron chi connectivity index (χ0n) is 12.0. The van der Waals surface area contributed by atoms with Gasteiger partial charge in [0.1, 0.15) is 0 Å². The van der Waals surface area contributed by atoms with Gasteiger partial charge in [0.05, 0.1) is 6.10 Å². The maximum Gasteiger partial charge on any atom is 0.0692 e. The van der Waals surface area contributed by atoms with E-state index < -0.39 is 0 Å². The summed E-state index contributed by atoms with van der Waals surface area (Å²) < 4.78 is 0. The Hall–Kier alpha value is -0.0800. The van der Waals surface area contributed by atoms with Crippen LogP contribution < -0.4 is 0 Å². The summed E-state index contributed by atoms with van der Waals surface area (Å²) >= 11 is 0. The van der Waals surface area contributed by atoms with Gasteiger partial charge in [-0.15, -0.1) is 0 Å². The van der Waals surface area contributed by atoms with Crippen LogP contribution in [-0.2, 0) is 0 Å². The predicted octanol–water partition coefficient (Wildman–Crippen LogP) is 3.30. The number of β-amino-alcohol motifs (C(OH)–C–C–N with tert-alkyl or cyclic N) is 1. The molecule has 1 rings (SSSR count). The van der Waals surface area contributed by atoms with Gasteiger partial charge in [0.2, 0.25) is 0 Å². The number of aliphatic hydroxyl groups excluding tert-OH is 1. The van der Waals surface area contributed by atoms with Crippen molar-refractivity contribution in [3.63, 3.8) is 0 Å². The molecule has 1 N–H and O–H groups in total. The van der Waals surface area contributed by atoms with Gasteiger partial charge in [-0.25, -0.2) is 0 Å². The Balaban J connectivity index is 2.31. The normalized spacial score (nSPS) is 26.5. The van der Waals surface area contributed by atoms with Gasteiger partial charge in [0, 0.05) is 6.54 Å². The first kappa shape index (κ1) is 15.0. The number of hydrogen-bond acceptors (Lipinski definition) is 2. The maximum absolute atomic E-state index is 10.1. The molecule has 102 valence electrons. The van der Waals surface area contributed by atoms with E-state index in [4.69, 9.17) is 0 Å². The minimum absolute atomic E-state index is 0.136. The molecular weight excluding hydrogens is 210 g/mol. The molecule has 2 heteroatoms. The van der Waals surface area contributed by atoms with Crippen LogP contribution in [0, 0.1) is 11.8 Å². The van der Waals surface area contributed by atoms with E-state index in [-0.39, 0.29) is 6.10 Å². The highest BCUT2D eigenvalue weighted by Gasteiger charge is 2.20. The molecule has 0 aromatic rings. The van der Waals surface area contributed by atoms with E-state index in [9.17, 15) is 5.11 Å². The molecule has 3 unspecified atom stereocenters. The number of aliphatic hydroxyl groups is 1. The first-order valence-electron chi connectivity index (χ1n) is 7.57. The standard InChI is InChI=1S/C15H31NO/c1-4-7-14-8-6-10-16(11-9-14)12-15(17)13(3)5-2/h13-15,17H,4-12H2,1-3H3. The summed E-state index contributed by atoms with van der Waals surface area (Å²) in [7, 11) is 0. The van der Waals surface area contributed by atoms with Crippen molar-refractivity contribution in [2.45, 2.75) is 65.4 Å². The van der Waals surface area contributed by atoms with Crippen molar-refractivity contribution in [3.05, 3.63) is 0 Å². The fourth-order valence-corrected chi connectivity index (χ4v) is 2.82. The topological polar surface area (TPSA) is 23.5 Å². The van der Waals surface area contributed by atoms with Gasteiger partial charge in [0.15, 0.2) is 0 Å². The summed E-state index contributed by atoms with van der Waals surface area (Å²) in [6.45, 7) is 9.87. The average Bonchev–Trinajstić information content (AvgIpc) is 2.54. The second kappa shape index (κ2) is 8.10. The Morgan fingerprint density at radius 3 is 2.65 bits per heavy atom. The van der Waals surface area contributed by atoms with Crippen LogP contribution >= 0.6 is 0 Å². The number of nitrogens with zero attached hydrogens (tertiary/aromatic N) is 1. The van der Waals surface area contributed by atoms with Gasteiger partial charge >= 0.3 is 0 Å². The quantitative estimate of drug-likeness (QED) is 0.771. The Labute approximate surface area is 107 Å². The van der Waals surface area contributed by atoms with Crippen molar-refractivity contribution in [2.24, 2.45) is 11.8 Å². The SMILES string of the molecule is CCCC1CCCN(CC(O)C(C)CC)CC1. The molecular formula is C15H31NO. The third kappa shape index (κ3) is 5.39. The molecule has 1 aliphatic heterocycles. The summed E-state index contributed by atoms with van der Waals surface area (Å²) in [5, 5.41) is 10.1. The molecule has 0 aliphatic carbocycles. The van der Waals surface area contributed by atoms with Crippen molar-refractivity contribution in [1.82, 2.24) is 4.90 Å². The highest BCUT2D eigenvalue weighted by atomic mass is 16.3. The van der Waals surface area contributed by atoms with Crippen molar-refractivity contribution in [2.75, 3.05) is 19.6 Å². The lowest BCUT2D eigenvalue weighted by molar-refractivity contribution is 0.0693. The second-order valence-electron chi connectivity index (χ2n) is 5.84. The Kier molecular flexibility index (Phi) is 7.14. The van der Waals surface area contributed by atoms with Crippen molar-refractivity contribution >= 4 is 0 Å². The molecule has 1 fully saturated rings. The van der Waals surface area contributed by atoms with Crippen molar-refractivity contribution < 1.29 is 5.11 Å². The molecule has 0 spiro atoms. The van der Waals surface area contributed by atoms with Crippen LogP contribution in [0.5, 0.6) is 0 Å². The zero-order chi connectivity index (χ0) is 12.7. The van der Waals surface area contributed by atoms with Gasteiger partial charge in [-0.05, 0) is 44.2 Å². The maximum atomic E-state index is 10.1. The molecule has 1 heterocycles. The average molecular weight is 241 g/mol. The lowest BCUT2D eigenvalue weighted by Gasteiger charge is -2.26. The largest absolute Gasteiger partial charge is 0.392 e. The van der Waals surface area contributed by atoms with E-state index in [1.54, 1.807) is 0 Å². The smallest absolute Gasteiger partial charge is 0.0692 e. The lowest BCUT2D eigenvalue weighted by atomic mass is 9.96. The number of rotatable bonds is 6. The summed E-state index contributed by atoms with van der Waals surface area (Å²) in [6.07, 6.45) is 7.70. The van der Waals surface area contributed by atoms with E-state index in [0.717, 1.165) is 18.9 Å². The van der Waals surface area contributed by atoms with Gasteiger partial charge in [-0.3, -0.25) is 0 Å². The minimum atomic E-state index is -0.136. The molecule has 1 aliphatic rings. The molecule has 0 bridgehead atoms. The van der Waals surface area contributed by atoms with Gasteiger partial charge in [-0.2, -0.15) is 0 Å². The van der Waals surface area contributed by atoms with E-state index >= 15 is 0 Å². The van der Waals surface area contributed by atoms with E-state index in [1.165, 1.54) is 45.2 Å². The van der Waals surface area contributed by atoms with E-state index in [1.807, 2.05) is 0 Å². The van der Waals surface area contributed by atoms with Crippen LogP contribution in [-0.4, -0.2) is 35.7 Å². The van der Waals surface area contributed by atoms with Crippen LogP contribution in [0.3, 0.4) is 0 Å². The molecule has 0 radical (unpaired) electrons. The third-order valence-electron chi connectivity index (χ3n) is 4.38.